The number of aromatic nitrogens is 4. The van der Waals surface area contributed by atoms with Crippen LogP contribution in [0.25, 0.3) is 16.9 Å². The van der Waals surface area contributed by atoms with Gasteiger partial charge in [-0.25, -0.2) is 19.3 Å². The largest absolute Gasteiger partial charge is 0.496 e. The molecule has 0 aliphatic heterocycles. The number of hydrogen-bond donors (Lipinski definition) is 1. The Labute approximate surface area is 162 Å². The summed E-state index contributed by atoms with van der Waals surface area (Å²) in [5.41, 5.74) is 0.644. The number of aromatic amines is 1. The Morgan fingerprint density at radius 3 is 2.83 bits per heavy atom. The zero-order valence-corrected chi connectivity index (χ0v) is 15.1. The Morgan fingerprint density at radius 2 is 2.07 bits per heavy atom. The molecule has 4 aromatic rings. The first-order valence-corrected chi connectivity index (χ1v) is 8.51. The van der Waals surface area contributed by atoms with E-state index in [1.165, 1.54) is 17.9 Å². The maximum atomic E-state index is 13.9. The van der Waals surface area contributed by atoms with E-state index in [1.54, 1.807) is 24.3 Å². The summed E-state index contributed by atoms with van der Waals surface area (Å²) < 4.78 is 20.4. The number of nitro groups is 1. The molecule has 0 bridgehead atoms. The summed E-state index contributed by atoms with van der Waals surface area (Å²) in [6.45, 7) is 0. The molecule has 2 heterocycles. The SMILES string of the molecule is COc1cc(F)c([N+](=O)[O-])cc1Cc1nccc(-n2c(=O)[nH]c3ccccc32)n1. The Hall–Kier alpha value is -4.08. The average Bonchev–Trinajstić information content (AvgIpc) is 3.04. The van der Waals surface area contributed by atoms with Gasteiger partial charge in [0, 0.05) is 30.3 Å². The lowest BCUT2D eigenvalue weighted by atomic mass is 10.1. The minimum absolute atomic E-state index is 0.0508. The number of rotatable bonds is 5. The molecule has 0 unspecified atom stereocenters. The summed E-state index contributed by atoms with van der Waals surface area (Å²) in [7, 11) is 1.34. The fraction of sp³-hybridized carbons (Fsp3) is 0.105. The Morgan fingerprint density at radius 1 is 1.28 bits per heavy atom. The van der Waals surface area contributed by atoms with Crippen LogP contribution in [0.3, 0.4) is 0 Å². The number of benzene rings is 2. The van der Waals surface area contributed by atoms with Crippen molar-refractivity contribution in [3.63, 3.8) is 0 Å². The fourth-order valence-electron chi connectivity index (χ4n) is 3.11. The van der Waals surface area contributed by atoms with Gasteiger partial charge in [0.1, 0.15) is 17.4 Å². The van der Waals surface area contributed by atoms with Crippen LogP contribution in [-0.4, -0.2) is 31.6 Å². The van der Waals surface area contributed by atoms with Crippen molar-refractivity contribution in [1.29, 1.82) is 0 Å². The van der Waals surface area contributed by atoms with Crippen LogP contribution in [0.5, 0.6) is 5.75 Å². The predicted octanol–water partition coefficient (Wildman–Crippen LogP) is 2.76. The lowest BCUT2D eigenvalue weighted by Gasteiger charge is -2.09. The molecular weight excluding hydrogens is 381 g/mol. The van der Waals surface area contributed by atoms with Crippen molar-refractivity contribution in [2.75, 3.05) is 7.11 Å². The highest BCUT2D eigenvalue weighted by molar-refractivity contribution is 5.76. The number of methoxy groups -OCH3 is 1. The minimum atomic E-state index is -0.990. The van der Waals surface area contributed by atoms with Crippen molar-refractivity contribution in [3.05, 3.63) is 86.5 Å². The summed E-state index contributed by atoms with van der Waals surface area (Å²) in [4.78, 5) is 33.9. The van der Waals surface area contributed by atoms with Crippen molar-refractivity contribution < 1.29 is 14.1 Å². The van der Waals surface area contributed by atoms with Gasteiger partial charge in [-0.05, 0) is 18.2 Å². The average molecular weight is 395 g/mol. The van der Waals surface area contributed by atoms with E-state index in [0.717, 1.165) is 12.1 Å². The van der Waals surface area contributed by atoms with Crippen LogP contribution in [0.2, 0.25) is 0 Å². The number of ether oxygens (including phenoxy) is 1. The molecule has 4 rings (SSSR count). The van der Waals surface area contributed by atoms with E-state index in [2.05, 4.69) is 15.0 Å². The van der Waals surface area contributed by atoms with Gasteiger partial charge >= 0.3 is 11.4 Å². The second-order valence-corrected chi connectivity index (χ2v) is 6.16. The van der Waals surface area contributed by atoms with E-state index in [1.807, 2.05) is 6.07 Å². The van der Waals surface area contributed by atoms with Crippen LogP contribution in [0.4, 0.5) is 10.1 Å². The molecule has 0 aliphatic carbocycles. The quantitative estimate of drug-likeness (QED) is 0.410. The second kappa shape index (κ2) is 7.15. The monoisotopic (exact) mass is 395 g/mol. The van der Waals surface area contributed by atoms with Gasteiger partial charge in [0.2, 0.25) is 5.82 Å². The molecule has 0 aliphatic rings. The molecule has 0 spiro atoms. The van der Waals surface area contributed by atoms with Crippen LogP contribution in [0.15, 0.2) is 53.5 Å². The third-order valence-electron chi connectivity index (χ3n) is 4.40. The first-order chi connectivity index (χ1) is 14.0. The molecule has 1 N–H and O–H groups in total. The highest BCUT2D eigenvalue weighted by Gasteiger charge is 2.20. The summed E-state index contributed by atoms with van der Waals surface area (Å²) in [5, 5.41) is 11.0. The normalized spacial score (nSPS) is 11.0. The zero-order chi connectivity index (χ0) is 20.5. The summed E-state index contributed by atoms with van der Waals surface area (Å²) in [6, 6.07) is 10.8. The molecule has 29 heavy (non-hydrogen) atoms. The van der Waals surface area contributed by atoms with E-state index in [-0.39, 0.29) is 17.9 Å². The molecule has 10 heteroatoms. The molecule has 146 valence electrons. The van der Waals surface area contributed by atoms with Crippen LogP contribution >= 0.6 is 0 Å². The maximum Gasteiger partial charge on any atom is 0.332 e. The smallest absolute Gasteiger partial charge is 0.332 e. The number of imidazole rings is 1. The molecule has 0 atom stereocenters. The van der Waals surface area contributed by atoms with E-state index >= 15 is 0 Å². The first-order valence-electron chi connectivity index (χ1n) is 8.51. The van der Waals surface area contributed by atoms with Crippen LogP contribution in [-0.2, 0) is 6.42 Å². The van der Waals surface area contributed by atoms with Crippen molar-refractivity contribution >= 4 is 16.7 Å². The van der Waals surface area contributed by atoms with E-state index in [0.29, 0.717) is 28.2 Å². The topological polar surface area (TPSA) is 116 Å². The number of H-pyrrole nitrogens is 1. The molecule has 0 amide bonds. The zero-order valence-electron chi connectivity index (χ0n) is 15.1. The molecule has 0 saturated heterocycles. The van der Waals surface area contributed by atoms with Gasteiger partial charge in [0.05, 0.1) is 23.1 Å². The number of fused-ring (bicyclic) bond motifs is 1. The highest BCUT2D eigenvalue weighted by Crippen LogP contribution is 2.29. The van der Waals surface area contributed by atoms with Gasteiger partial charge in [-0.3, -0.25) is 10.1 Å². The van der Waals surface area contributed by atoms with Crippen LogP contribution < -0.4 is 10.4 Å². The Balaban J connectivity index is 1.77. The summed E-state index contributed by atoms with van der Waals surface area (Å²) in [5.74, 6) is -0.214. The van der Waals surface area contributed by atoms with Crippen molar-refractivity contribution in [2.45, 2.75) is 6.42 Å². The van der Waals surface area contributed by atoms with Crippen molar-refractivity contribution in [2.24, 2.45) is 0 Å². The molecule has 0 saturated carbocycles. The van der Waals surface area contributed by atoms with Crippen molar-refractivity contribution in [1.82, 2.24) is 19.5 Å². The number of hydrogen-bond acceptors (Lipinski definition) is 6. The molecule has 0 fully saturated rings. The molecule has 0 radical (unpaired) electrons. The third kappa shape index (κ3) is 3.31. The molecule has 2 aromatic carbocycles. The lowest BCUT2D eigenvalue weighted by molar-refractivity contribution is -0.387. The molecule has 9 nitrogen and oxygen atoms in total. The summed E-state index contributed by atoms with van der Waals surface area (Å²) >= 11 is 0. The Bertz CT molecular complexity index is 1300. The summed E-state index contributed by atoms with van der Waals surface area (Å²) in [6.07, 6.45) is 1.53. The van der Waals surface area contributed by atoms with Gasteiger partial charge in [-0.1, -0.05) is 12.1 Å². The van der Waals surface area contributed by atoms with Gasteiger partial charge in [-0.2, -0.15) is 4.39 Å². The van der Waals surface area contributed by atoms with Crippen molar-refractivity contribution in [3.8, 4) is 11.6 Å². The fourth-order valence-corrected chi connectivity index (χ4v) is 3.11. The predicted molar refractivity (Wildman–Crippen MR) is 102 cm³/mol. The van der Waals surface area contributed by atoms with E-state index < -0.39 is 16.4 Å². The van der Waals surface area contributed by atoms with Gasteiger partial charge in [0.15, 0.2) is 0 Å². The van der Waals surface area contributed by atoms with Gasteiger partial charge < -0.3 is 9.72 Å². The standard InChI is InChI=1S/C19H14FN5O4/c1-29-16-10-12(20)15(25(27)28)8-11(16)9-17-21-7-6-18(23-17)24-14-5-3-2-4-13(14)22-19(24)26/h2-8,10H,9H2,1H3,(H,22,26). The highest BCUT2D eigenvalue weighted by atomic mass is 19.1. The van der Waals surface area contributed by atoms with Gasteiger partial charge in [-0.15, -0.1) is 0 Å². The number of nitrogens with one attached hydrogen (secondary N) is 1. The van der Waals surface area contributed by atoms with Gasteiger partial charge in [0.25, 0.3) is 0 Å². The minimum Gasteiger partial charge on any atom is -0.496 e. The molecular formula is C19H14FN5O4. The maximum absolute atomic E-state index is 13.9. The molecule has 2 aromatic heterocycles. The van der Waals surface area contributed by atoms with E-state index in [4.69, 9.17) is 4.74 Å². The number of para-hydroxylation sites is 2. The number of halogens is 1. The van der Waals surface area contributed by atoms with E-state index in [9.17, 15) is 19.3 Å². The third-order valence-corrected chi connectivity index (χ3v) is 4.40. The lowest BCUT2D eigenvalue weighted by Crippen LogP contribution is -2.16. The van der Waals surface area contributed by atoms with Crippen LogP contribution in [0, 0.1) is 15.9 Å². The number of nitrogens with zero attached hydrogens (tertiary/aromatic N) is 4. The Kier molecular flexibility index (Phi) is 4.51. The number of nitro benzene ring substituents is 1. The van der Waals surface area contributed by atoms with Crippen LogP contribution in [0.1, 0.15) is 11.4 Å². The second-order valence-electron chi connectivity index (χ2n) is 6.16. The first kappa shape index (κ1) is 18.3.